The van der Waals surface area contributed by atoms with Crippen LogP contribution in [0.2, 0.25) is 0 Å². The van der Waals surface area contributed by atoms with E-state index in [-0.39, 0.29) is 5.75 Å². The number of azide groups is 1. The average molecular weight is 190 g/mol. The average Bonchev–Trinajstić information content (AvgIpc) is 2.18. The molecule has 1 N–H and O–H groups in total. The molecule has 0 aliphatic heterocycles. The van der Waals surface area contributed by atoms with Crippen LogP contribution >= 0.6 is 0 Å². The van der Waals surface area contributed by atoms with Gasteiger partial charge in [0, 0.05) is 17.7 Å². The summed E-state index contributed by atoms with van der Waals surface area (Å²) in [6.07, 6.45) is 7.38. The minimum Gasteiger partial charge on any atom is -0.506 e. The second-order valence-electron chi connectivity index (χ2n) is 2.62. The largest absolute Gasteiger partial charge is 0.506 e. The lowest BCUT2D eigenvalue weighted by atomic mass is 10.2. The zero-order valence-electron chi connectivity index (χ0n) is 7.54. The molecule has 0 bridgehead atoms. The van der Waals surface area contributed by atoms with Crippen LogP contribution in [0.1, 0.15) is 12.0 Å². The van der Waals surface area contributed by atoms with Gasteiger partial charge >= 0.3 is 0 Å². The maximum atomic E-state index is 9.09. The van der Waals surface area contributed by atoms with Gasteiger partial charge < -0.3 is 5.11 Å². The van der Waals surface area contributed by atoms with E-state index in [0.717, 1.165) is 5.56 Å². The Bertz CT molecular complexity index is 369. The molecule has 1 rings (SSSR count). The Morgan fingerprint density at radius 2 is 2.43 bits per heavy atom. The monoisotopic (exact) mass is 190 g/mol. The van der Waals surface area contributed by atoms with Crippen LogP contribution in [-0.2, 0) is 0 Å². The van der Waals surface area contributed by atoms with Crippen molar-refractivity contribution in [1.82, 2.24) is 4.98 Å². The highest BCUT2D eigenvalue weighted by Crippen LogP contribution is 2.09. The molecule has 0 radical (unpaired) electrons. The molecule has 72 valence electrons. The van der Waals surface area contributed by atoms with Crippen LogP contribution in [0.3, 0.4) is 0 Å². The Labute approximate surface area is 81.3 Å². The predicted octanol–water partition coefficient (Wildman–Crippen LogP) is 2.50. The summed E-state index contributed by atoms with van der Waals surface area (Å²) in [4.78, 5) is 6.45. The Kier molecular flexibility index (Phi) is 4.04. The van der Waals surface area contributed by atoms with E-state index in [0.29, 0.717) is 13.0 Å². The zero-order valence-corrected chi connectivity index (χ0v) is 7.54. The molecule has 0 saturated carbocycles. The van der Waals surface area contributed by atoms with Crippen LogP contribution in [0.15, 0.2) is 29.7 Å². The van der Waals surface area contributed by atoms with Gasteiger partial charge in [-0.25, -0.2) is 0 Å². The van der Waals surface area contributed by atoms with Gasteiger partial charge in [-0.3, -0.25) is 4.98 Å². The molecule has 0 aliphatic carbocycles. The molecule has 0 unspecified atom stereocenters. The minimum atomic E-state index is 0.141. The van der Waals surface area contributed by atoms with E-state index in [1.165, 1.54) is 6.20 Å². The summed E-state index contributed by atoms with van der Waals surface area (Å²) < 4.78 is 0. The van der Waals surface area contributed by atoms with Crippen molar-refractivity contribution in [2.45, 2.75) is 6.42 Å². The van der Waals surface area contributed by atoms with Crippen LogP contribution < -0.4 is 0 Å². The molecule has 1 aromatic rings. The van der Waals surface area contributed by atoms with Gasteiger partial charge in [0.2, 0.25) is 0 Å². The molecule has 0 spiro atoms. The Hall–Kier alpha value is -2.00. The third kappa shape index (κ3) is 3.60. The fourth-order valence-electron chi connectivity index (χ4n) is 0.933. The number of pyridine rings is 1. The predicted molar refractivity (Wildman–Crippen MR) is 53.6 cm³/mol. The molecule has 14 heavy (non-hydrogen) atoms. The maximum absolute atomic E-state index is 9.09. The summed E-state index contributed by atoms with van der Waals surface area (Å²) in [5.41, 5.74) is 8.84. The highest BCUT2D eigenvalue weighted by molar-refractivity contribution is 5.49. The van der Waals surface area contributed by atoms with Crippen LogP contribution in [0.5, 0.6) is 5.75 Å². The molecule has 0 atom stereocenters. The van der Waals surface area contributed by atoms with E-state index >= 15 is 0 Å². The molecule has 1 aromatic heterocycles. The van der Waals surface area contributed by atoms with Crippen molar-refractivity contribution in [1.29, 1.82) is 0 Å². The van der Waals surface area contributed by atoms with Crippen molar-refractivity contribution in [3.05, 3.63) is 40.5 Å². The molecule has 0 amide bonds. The first kappa shape index (κ1) is 10.1. The number of hydrogen-bond donors (Lipinski definition) is 1. The van der Waals surface area contributed by atoms with Gasteiger partial charge in [0.15, 0.2) is 0 Å². The molecule has 0 fully saturated rings. The summed E-state index contributed by atoms with van der Waals surface area (Å²) in [5, 5.41) is 12.5. The quantitative estimate of drug-likeness (QED) is 0.342. The number of nitrogens with zero attached hydrogens (tertiary/aromatic N) is 4. The SMILES string of the molecule is [N-]=[N+]=NCCC=Cc1cncc(O)c1. The van der Waals surface area contributed by atoms with Crippen molar-refractivity contribution in [3.8, 4) is 5.75 Å². The number of aromatic nitrogens is 1. The number of hydrogen-bond acceptors (Lipinski definition) is 3. The van der Waals surface area contributed by atoms with Crippen LogP contribution in [-0.4, -0.2) is 16.6 Å². The summed E-state index contributed by atoms with van der Waals surface area (Å²) in [6.45, 7) is 0.444. The van der Waals surface area contributed by atoms with E-state index < -0.39 is 0 Å². The summed E-state index contributed by atoms with van der Waals surface area (Å²) in [6, 6.07) is 1.61. The van der Waals surface area contributed by atoms with E-state index in [9.17, 15) is 0 Å². The molecule has 1 heterocycles. The van der Waals surface area contributed by atoms with E-state index in [4.69, 9.17) is 10.6 Å². The molecule has 5 nitrogen and oxygen atoms in total. The lowest BCUT2D eigenvalue weighted by Gasteiger charge is -1.93. The van der Waals surface area contributed by atoms with Crippen molar-refractivity contribution in [2.75, 3.05) is 6.54 Å². The van der Waals surface area contributed by atoms with Crippen molar-refractivity contribution in [3.63, 3.8) is 0 Å². The third-order valence-electron chi connectivity index (χ3n) is 1.51. The Balaban J connectivity index is 2.47. The standard InChI is InChI=1S/C9H10N4O/c10-13-12-4-2-1-3-8-5-9(14)7-11-6-8/h1,3,5-7,14H,2,4H2. The molecule has 5 heteroatoms. The normalized spacial score (nSPS) is 10.0. The Morgan fingerprint density at radius 1 is 1.57 bits per heavy atom. The second-order valence-corrected chi connectivity index (χ2v) is 2.62. The lowest BCUT2D eigenvalue weighted by Crippen LogP contribution is -1.77. The fraction of sp³-hybridized carbons (Fsp3) is 0.222. The topological polar surface area (TPSA) is 81.9 Å². The van der Waals surface area contributed by atoms with Gasteiger partial charge in [-0.15, -0.1) is 0 Å². The third-order valence-corrected chi connectivity index (χ3v) is 1.51. The van der Waals surface area contributed by atoms with Gasteiger partial charge in [0.05, 0.1) is 6.20 Å². The van der Waals surface area contributed by atoms with Gasteiger partial charge in [-0.05, 0) is 23.6 Å². The summed E-state index contributed by atoms with van der Waals surface area (Å²) >= 11 is 0. The number of aromatic hydroxyl groups is 1. The molecular formula is C9H10N4O. The van der Waals surface area contributed by atoms with E-state index in [1.54, 1.807) is 12.3 Å². The first-order valence-corrected chi connectivity index (χ1v) is 4.14. The number of rotatable bonds is 4. The smallest absolute Gasteiger partial charge is 0.134 e. The lowest BCUT2D eigenvalue weighted by molar-refractivity contribution is 0.472. The minimum absolute atomic E-state index is 0.141. The van der Waals surface area contributed by atoms with Gasteiger partial charge in [0.1, 0.15) is 5.75 Å². The highest BCUT2D eigenvalue weighted by Gasteiger charge is 1.89. The molecule has 0 aliphatic rings. The highest BCUT2D eigenvalue weighted by atomic mass is 16.3. The second kappa shape index (κ2) is 5.61. The zero-order chi connectivity index (χ0) is 10.2. The van der Waals surface area contributed by atoms with Gasteiger partial charge in [-0.2, -0.15) is 0 Å². The first-order valence-electron chi connectivity index (χ1n) is 4.14. The van der Waals surface area contributed by atoms with Crippen molar-refractivity contribution in [2.24, 2.45) is 5.11 Å². The van der Waals surface area contributed by atoms with Gasteiger partial charge in [0.25, 0.3) is 0 Å². The first-order chi connectivity index (χ1) is 6.83. The van der Waals surface area contributed by atoms with Crippen LogP contribution in [0.25, 0.3) is 16.5 Å². The van der Waals surface area contributed by atoms with Crippen molar-refractivity contribution >= 4 is 6.08 Å². The fourth-order valence-corrected chi connectivity index (χ4v) is 0.933. The van der Waals surface area contributed by atoms with Crippen LogP contribution in [0.4, 0.5) is 0 Å². The summed E-state index contributed by atoms with van der Waals surface area (Å²) in [7, 11) is 0. The van der Waals surface area contributed by atoms with Crippen molar-refractivity contribution < 1.29 is 5.11 Å². The maximum Gasteiger partial charge on any atom is 0.134 e. The van der Waals surface area contributed by atoms with E-state index in [1.807, 2.05) is 12.2 Å². The molecular weight excluding hydrogens is 180 g/mol. The van der Waals surface area contributed by atoms with E-state index in [2.05, 4.69) is 15.0 Å². The van der Waals surface area contributed by atoms with Gasteiger partial charge in [-0.1, -0.05) is 17.3 Å². The van der Waals surface area contributed by atoms with Crippen LogP contribution in [0, 0.1) is 0 Å². The molecule has 0 aromatic carbocycles. The Morgan fingerprint density at radius 3 is 3.14 bits per heavy atom. The molecule has 0 saturated heterocycles. The summed E-state index contributed by atoms with van der Waals surface area (Å²) in [5.74, 6) is 0.141.